The molecule has 34 heavy (non-hydrogen) atoms. The number of aliphatic hydroxyl groups excluding tert-OH is 2. The number of nitrogens with one attached hydrogen (secondary N) is 2. The maximum absolute atomic E-state index is 8.71. The summed E-state index contributed by atoms with van der Waals surface area (Å²) in [7, 11) is 0. The van der Waals surface area contributed by atoms with Gasteiger partial charge in [0.25, 0.3) is 0 Å². The molecule has 0 bridgehead atoms. The van der Waals surface area contributed by atoms with Crippen LogP contribution in [0.4, 0.5) is 11.4 Å². The van der Waals surface area contributed by atoms with E-state index in [1.54, 1.807) is 62.4 Å². The summed E-state index contributed by atoms with van der Waals surface area (Å²) >= 11 is 21.3. The molecule has 2 aromatic rings. The standard InChI is InChI=1S/2C10H12ClN3OS.ClH.Co/c2*1-7(6-15)13-14-10(16)12-9-4-2-8(11)3-5-9;;/h2*2-5,15H,6H2,1H3,(H2,12,14,16);1H;/q;;;+3/p-3/b2*13-7+;;. The fourth-order valence-corrected chi connectivity index (χ4v) is 2.23. The van der Waals surface area contributed by atoms with Crippen molar-refractivity contribution in [3.05, 3.63) is 58.6 Å². The summed E-state index contributed by atoms with van der Waals surface area (Å²) in [5.74, 6) is 0. The average Bonchev–Trinajstić information content (AvgIpc) is 2.79. The summed E-state index contributed by atoms with van der Waals surface area (Å²) in [5, 5.41) is 26.8. The van der Waals surface area contributed by atoms with Crippen LogP contribution in [0.1, 0.15) is 13.8 Å². The molecule has 0 radical (unpaired) electrons. The molecular weight excluding hydrogens is 586 g/mol. The van der Waals surface area contributed by atoms with Crippen molar-refractivity contribution in [2.24, 2.45) is 20.2 Å². The topological polar surface area (TPSA) is 114 Å². The number of hydrazone groups is 2. The van der Waals surface area contributed by atoms with Crippen LogP contribution in [0, 0.1) is 0 Å². The minimum Gasteiger partial charge on any atom is -1.00 e. The van der Waals surface area contributed by atoms with Crippen molar-refractivity contribution in [1.29, 1.82) is 0 Å². The first-order chi connectivity index (χ1) is 15.2. The van der Waals surface area contributed by atoms with Gasteiger partial charge in [-0.3, -0.25) is 20.8 Å². The van der Waals surface area contributed by atoms with Crippen LogP contribution in [-0.2, 0) is 42.0 Å². The van der Waals surface area contributed by atoms with E-state index in [0.717, 1.165) is 0 Å². The molecule has 0 saturated carbocycles. The van der Waals surface area contributed by atoms with E-state index < -0.39 is 0 Å². The SMILES string of the molecule is C/C(CO)=N\NC([S-])=Nc1ccc(Cl)cc1.C/C(CO)=N\NC([S-])=Nc1ccc(Cl)cc1.[Cl-].[Co+3]. The Hall–Kier alpha value is -1.54. The zero-order chi connectivity index (χ0) is 23.9. The zero-order valence-corrected chi connectivity index (χ0v) is 22.9. The van der Waals surface area contributed by atoms with Gasteiger partial charge < -0.3 is 47.9 Å². The van der Waals surface area contributed by atoms with Crippen LogP contribution in [0.15, 0.2) is 68.7 Å². The van der Waals surface area contributed by atoms with E-state index in [4.69, 9.17) is 58.7 Å². The second-order valence-corrected chi connectivity index (χ2v) is 7.67. The number of nitrogens with zero attached hydrogens (tertiary/aromatic N) is 4. The Bertz CT molecular complexity index is 896. The number of benzene rings is 2. The van der Waals surface area contributed by atoms with Gasteiger partial charge in [0.2, 0.25) is 0 Å². The molecule has 0 fully saturated rings. The number of hydrogen-bond acceptors (Lipinski definition) is 8. The Kier molecular flexibility index (Phi) is 20.1. The van der Waals surface area contributed by atoms with E-state index in [-0.39, 0.29) is 52.7 Å². The van der Waals surface area contributed by atoms with Gasteiger partial charge >= 0.3 is 16.8 Å². The Balaban J connectivity index is 0. The quantitative estimate of drug-likeness (QED) is 0.166. The Morgan fingerprint density at radius 3 is 1.29 bits per heavy atom. The fourth-order valence-electron chi connectivity index (χ4n) is 1.67. The van der Waals surface area contributed by atoms with Gasteiger partial charge in [-0.15, -0.1) is 0 Å². The largest absolute Gasteiger partial charge is 3.00 e. The van der Waals surface area contributed by atoms with Crippen molar-refractivity contribution in [2.75, 3.05) is 13.2 Å². The van der Waals surface area contributed by atoms with E-state index in [1.165, 1.54) is 0 Å². The molecular formula is C20H22Cl3CoN6O2S2. The van der Waals surface area contributed by atoms with E-state index in [2.05, 4.69) is 31.0 Å². The Morgan fingerprint density at radius 1 is 0.735 bits per heavy atom. The zero-order valence-electron chi connectivity index (χ0n) is 18.0. The summed E-state index contributed by atoms with van der Waals surface area (Å²) in [4.78, 5) is 8.16. The van der Waals surface area contributed by atoms with E-state index in [9.17, 15) is 0 Å². The third-order valence-corrected chi connectivity index (χ3v) is 4.13. The molecule has 4 N–H and O–H groups in total. The molecule has 0 amide bonds. The van der Waals surface area contributed by atoms with Crippen LogP contribution >= 0.6 is 23.2 Å². The van der Waals surface area contributed by atoms with Crippen LogP contribution in [-0.4, -0.2) is 45.2 Å². The van der Waals surface area contributed by atoms with Crippen molar-refractivity contribution in [2.45, 2.75) is 13.8 Å². The molecule has 0 aliphatic heterocycles. The number of aliphatic imine (C=N–C) groups is 2. The first-order valence-corrected chi connectivity index (χ1v) is 10.6. The molecule has 186 valence electrons. The van der Waals surface area contributed by atoms with Gasteiger partial charge in [0, 0.05) is 20.4 Å². The first kappa shape index (κ1) is 34.6. The molecule has 0 spiro atoms. The van der Waals surface area contributed by atoms with Crippen molar-refractivity contribution in [3.63, 3.8) is 0 Å². The van der Waals surface area contributed by atoms with Crippen molar-refractivity contribution < 1.29 is 39.4 Å². The minimum absolute atomic E-state index is 0. The summed E-state index contributed by atoms with van der Waals surface area (Å²) in [6.07, 6.45) is 0. The maximum Gasteiger partial charge on any atom is 3.00 e. The van der Waals surface area contributed by atoms with Crippen molar-refractivity contribution >= 4 is 81.6 Å². The number of halogens is 3. The summed E-state index contributed by atoms with van der Waals surface area (Å²) in [6, 6.07) is 13.9. The number of hydrogen-bond donors (Lipinski definition) is 4. The van der Waals surface area contributed by atoms with Crippen molar-refractivity contribution in [3.8, 4) is 0 Å². The second kappa shape index (κ2) is 19.7. The van der Waals surface area contributed by atoms with E-state index in [1.807, 2.05) is 0 Å². The van der Waals surface area contributed by atoms with Gasteiger partial charge in [0.05, 0.1) is 36.0 Å². The molecule has 0 atom stereocenters. The summed E-state index contributed by atoms with van der Waals surface area (Å²) in [5.41, 5.74) is 7.57. The predicted molar refractivity (Wildman–Crippen MR) is 138 cm³/mol. The molecule has 0 aliphatic carbocycles. The molecule has 8 nitrogen and oxygen atoms in total. The third kappa shape index (κ3) is 16.1. The fraction of sp³-hybridized carbons (Fsp3) is 0.200. The normalized spacial score (nSPS) is 11.9. The number of rotatable bonds is 6. The average molecular weight is 608 g/mol. The van der Waals surface area contributed by atoms with Crippen LogP contribution in [0.5, 0.6) is 0 Å². The maximum atomic E-state index is 8.71. The molecule has 0 unspecified atom stereocenters. The van der Waals surface area contributed by atoms with Gasteiger partial charge in [-0.25, -0.2) is 0 Å². The minimum atomic E-state index is -0.115. The van der Waals surface area contributed by atoms with Crippen LogP contribution < -0.4 is 23.3 Å². The second-order valence-electron chi connectivity index (χ2n) is 6.02. The van der Waals surface area contributed by atoms with Gasteiger partial charge in [0.15, 0.2) is 0 Å². The molecule has 0 heterocycles. The van der Waals surface area contributed by atoms with Crippen LogP contribution in [0.3, 0.4) is 0 Å². The van der Waals surface area contributed by atoms with Gasteiger partial charge in [-0.1, -0.05) is 23.2 Å². The first-order valence-electron chi connectivity index (χ1n) is 9.06. The molecule has 0 aromatic heterocycles. The Labute approximate surface area is 236 Å². The molecule has 2 aromatic carbocycles. The van der Waals surface area contributed by atoms with Gasteiger partial charge in [0.1, 0.15) is 0 Å². The van der Waals surface area contributed by atoms with E-state index in [0.29, 0.717) is 32.8 Å². The number of aliphatic hydroxyl groups is 2. The third-order valence-electron chi connectivity index (χ3n) is 3.26. The van der Waals surface area contributed by atoms with Crippen LogP contribution in [0.2, 0.25) is 10.0 Å². The predicted octanol–water partition coefficient (Wildman–Crippen LogP) is 0.666. The Morgan fingerprint density at radius 2 is 1.03 bits per heavy atom. The van der Waals surface area contributed by atoms with Crippen LogP contribution in [0.25, 0.3) is 0 Å². The molecule has 0 saturated heterocycles. The summed E-state index contributed by atoms with van der Waals surface area (Å²) < 4.78 is 0. The monoisotopic (exact) mass is 606 g/mol. The number of amidine groups is 2. The van der Waals surface area contributed by atoms with Gasteiger partial charge in [-0.2, -0.15) is 10.2 Å². The molecule has 14 heteroatoms. The van der Waals surface area contributed by atoms with E-state index >= 15 is 0 Å². The summed E-state index contributed by atoms with van der Waals surface area (Å²) in [6.45, 7) is 3.13. The smallest absolute Gasteiger partial charge is 1.00 e. The molecule has 2 rings (SSSR count). The van der Waals surface area contributed by atoms with Crippen molar-refractivity contribution in [1.82, 2.24) is 10.9 Å². The van der Waals surface area contributed by atoms with Gasteiger partial charge in [-0.05, 0) is 62.4 Å². The molecule has 0 aliphatic rings.